The topological polar surface area (TPSA) is 21.3 Å². The van der Waals surface area contributed by atoms with Crippen molar-refractivity contribution in [2.24, 2.45) is 0 Å². The van der Waals surface area contributed by atoms with Gasteiger partial charge in [0, 0.05) is 6.42 Å². The average Bonchev–Trinajstić information content (AvgIpc) is 2.93. The molecule has 0 saturated carbocycles. The summed E-state index contributed by atoms with van der Waals surface area (Å²) in [7, 11) is 1.93. The molecule has 0 amide bonds. The van der Waals surface area contributed by atoms with Crippen molar-refractivity contribution in [3.63, 3.8) is 0 Å². The minimum atomic E-state index is -0.183. The Bertz CT molecular complexity index is 741. The largest absolute Gasteiger partial charge is 0.484 e. The van der Waals surface area contributed by atoms with E-state index in [0.29, 0.717) is 0 Å². The van der Waals surface area contributed by atoms with Gasteiger partial charge in [-0.05, 0) is 36.7 Å². The Morgan fingerprint density at radius 2 is 1.95 bits per heavy atom. The summed E-state index contributed by atoms with van der Waals surface area (Å²) in [5, 5.41) is 3.86. The van der Waals surface area contributed by atoms with Gasteiger partial charge in [0.1, 0.15) is 11.9 Å². The summed E-state index contributed by atoms with van der Waals surface area (Å²) < 4.78 is 20.6. The van der Waals surface area contributed by atoms with Gasteiger partial charge in [0.25, 0.3) is 0 Å². The van der Waals surface area contributed by atoms with E-state index in [0.717, 1.165) is 45.7 Å². The monoisotopic (exact) mass is 315 g/mol. The van der Waals surface area contributed by atoms with Crippen LogP contribution in [0.2, 0.25) is 0 Å². The number of fused-ring (bicyclic) bond motifs is 1. The van der Waals surface area contributed by atoms with Gasteiger partial charge in [-0.2, -0.15) is 4.39 Å². The lowest BCUT2D eigenvalue weighted by molar-refractivity contribution is 0.198. The summed E-state index contributed by atoms with van der Waals surface area (Å²) in [6.07, 6.45) is 0.800. The van der Waals surface area contributed by atoms with Crippen molar-refractivity contribution in [1.29, 1.82) is 0 Å². The van der Waals surface area contributed by atoms with E-state index < -0.39 is 0 Å². The first-order valence-corrected chi connectivity index (χ1v) is 8.14. The third-order valence-electron chi connectivity index (χ3n) is 3.58. The van der Waals surface area contributed by atoms with Crippen molar-refractivity contribution >= 4 is 21.4 Å². The zero-order valence-corrected chi connectivity index (χ0v) is 13.2. The van der Waals surface area contributed by atoms with E-state index in [-0.39, 0.29) is 11.2 Å². The van der Waals surface area contributed by atoms with Gasteiger partial charge in [0.2, 0.25) is 0 Å². The Morgan fingerprint density at radius 1 is 1.14 bits per heavy atom. The normalized spacial score (nSPS) is 12.5. The second kappa shape index (κ2) is 6.90. The number of nitrogens with one attached hydrogen (secondary N) is 1. The molecule has 0 aliphatic carbocycles. The van der Waals surface area contributed by atoms with Gasteiger partial charge in [-0.3, -0.25) is 0 Å². The van der Waals surface area contributed by atoms with Crippen LogP contribution < -0.4 is 10.1 Å². The Morgan fingerprint density at radius 3 is 2.73 bits per heavy atom. The summed E-state index contributed by atoms with van der Waals surface area (Å²) in [6.45, 7) is 0.855. The van der Waals surface area contributed by atoms with Gasteiger partial charge < -0.3 is 10.1 Å². The third kappa shape index (κ3) is 3.29. The summed E-state index contributed by atoms with van der Waals surface area (Å²) >= 11 is 1.13. The van der Waals surface area contributed by atoms with E-state index in [4.69, 9.17) is 4.74 Å². The number of rotatable bonds is 6. The molecular weight excluding hydrogens is 297 g/mol. The van der Waals surface area contributed by atoms with Gasteiger partial charge >= 0.3 is 0 Å². The number of thiophene rings is 1. The molecule has 4 heteroatoms. The Hall–Kier alpha value is -1.91. The standard InChI is InChI=1S/C18H18FNOS/c1-20-11-10-15(13-6-3-2-4-7-13)21-16-9-5-8-14-12-17(19)22-18(14)16/h2-9,12,15,20H,10-11H2,1H3. The highest BCUT2D eigenvalue weighted by Crippen LogP contribution is 2.35. The van der Waals surface area contributed by atoms with Gasteiger partial charge in [-0.25, -0.2) is 0 Å². The zero-order chi connectivity index (χ0) is 15.4. The average molecular weight is 315 g/mol. The van der Waals surface area contributed by atoms with E-state index in [1.54, 1.807) is 6.07 Å². The van der Waals surface area contributed by atoms with Crippen LogP contribution in [-0.4, -0.2) is 13.6 Å². The number of hydrogen-bond donors (Lipinski definition) is 1. The van der Waals surface area contributed by atoms with E-state index in [1.807, 2.05) is 43.4 Å². The fraction of sp³-hybridized carbons (Fsp3) is 0.222. The SMILES string of the molecule is CNCCC(Oc1cccc2cc(F)sc12)c1ccccc1. The molecule has 114 valence electrons. The van der Waals surface area contributed by atoms with Crippen LogP contribution in [0.3, 0.4) is 0 Å². The first-order valence-electron chi connectivity index (χ1n) is 7.32. The van der Waals surface area contributed by atoms with Crippen LogP contribution in [0.25, 0.3) is 10.1 Å². The van der Waals surface area contributed by atoms with Crippen LogP contribution >= 0.6 is 11.3 Å². The van der Waals surface area contributed by atoms with Crippen LogP contribution in [0, 0.1) is 5.13 Å². The van der Waals surface area contributed by atoms with Crippen molar-refractivity contribution in [1.82, 2.24) is 5.32 Å². The molecular formula is C18H18FNOS. The van der Waals surface area contributed by atoms with E-state index >= 15 is 0 Å². The molecule has 1 aromatic heterocycles. The first-order chi connectivity index (χ1) is 10.8. The molecule has 0 aliphatic rings. The van der Waals surface area contributed by atoms with Crippen molar-refractivity contribution in [2.45, 2.75) is 12.5 Å². The summed E-state index contributed by atoms with van der Waals surface area (Å²) in [4.78, 5) is 0. The van der Waals surface area contributed by atoms with Gasteiger partial charge in [-0.1, -0.05) is 42.5 Å². The highest BCUT2D eigenvalue weighted by molar-refractivity contribution is 7.17. The van der Waals surface area contributed by atoms with E-state index in [2.05, 4.69) is 17.4 Å². The number of halogens is 1. The maximum absolute atomic E-state index is 13.5. The molecule has 0 bridgehead atoms. The highest BCUT2D eigenvalue weighted by atomic mass is 32.1. The fourth-order valence-electron chi connectivity index (χ4n) is 2.49. The number of hydrogen-bond acceptors (Lipinski definition) is 3. The third-order valence-corrected chi connectivity index (χ3v) is 4.53. The van der Waals surface area contributed by atoms with Crippen LogP contribution in [0.1, 0.15) is 18.1 Å². The molecule has 2 nitrogen and oxygen atoms in total. The molecule has 0 saturated heterocycles. The van der Waals surface area contributed by atoms with Gasteiger partial charge in [0.15, 0.2) is 5.13 Å². The van der Waals surface area contributed by atoms with Crippen LogP contribution in [-0.2, 0) is 0 Å². The first kappa shape index (κ1) is 15.0. The Balaban J connectivity index is 1.91. The molecule has 0 aliphatic heterocycles. The van der Waals surface area contributed by atoms with Crippen LogP contribution in [0.4, 0.5) is 4.39 Å². The van der Waals surface area contributed by atoms with E-state index in [9.17, 15) is 4.39 Å². The Labute approximate surface area is 133 Å². The molecule has 1 heterocycles. The zero-order valence-electron chi connectivity index (χ0n) is 12.4. The molecule has 3 aromatic rings. The van der Waals surface area contributed by atoms with Crippen molar-refractivity contribution in [2.75, 3.05) is 13.6 Å². The molecule has 0 radical (unpaired) electrons. The fourth-order valence-corrected chi connectivity index (χ4v) is 3.33. The Kier molecular flexibility index (Phi) is 4.71. The van der Waals surface area contributed by atoms with E-state index in [1.165, 1.54) is 0 Å². The number of ether oxygens (including phenoxy) is 1. The van der Waals surface area contributed by atoms with Crippen molar-refractivity contribution in [3.8, 4) is 5.75 Å². The maximum Gasteiger partial charge on any atom is 0.177 e. The second-order valence-corrected chi connectivity index (χ2v) is 6.14. The molecule has 1 unspecified atom stereocenters. The molecule has 2 aromatic carbocycles. The molecule has 0 fully saturated rings. The molecule has 0 spiro atoms. The summed E-state index contributed by atoms with van der Waals surface area (Å²) in [6, 6.07) is 17.4. The smallest absolute Gasteiger partial charge is 0.177 e. The van der Waals surface area contributed by atoms with Crippen LogP contribution in [0.5, 0.6) is 5.75 Å². The lowest BCUT2D eigenvalue weighted by atomic mass is 10.1. The summed E-state index contributed by atoms with van der Waals surface area (Å²) in [5.74, 6) is 0.747. The second-order valence-electron chi connectivity index (χ2n) is 5.13. The summed E-state index contributed by atoms with van der Waals surface area (Å²) in [5.41, 5.74) is 1.13. The molecule has 1 N–H and O–H groups in total. The molecule has 3 rings (SSSR count). The molecule has 22 heavy (non-hydrogen) atoms. The number of benzene rings is 2. The minimum absolute atomic E-state index is 0.0515. The minimum Gasteiger partial charge on any atom is -0.484 e. The lowest BCUT2D eigenvalue weighted by Crippen LogP contribution is -2.16. The predicted octanol–water partition coefficient (Wildman–Crippen LogP) is 4.77. The maximum atomic E-state index is 13.5. The highest BCUT2D eigenvalue weighted by Gasteiger charge is 2.15. The van der Waals surface area contributed by atoms with Crippen LogP contribution in [0.15, 0.2) is 54.6 Å². The predicted molar refractivity (Wildman–Crippen MR) is 90.1 cm³/mol. The molecule has 1 atom stereocenters. The van der Waals surface area contributed by atoms with Crippen molar-refractivity contribution in [3.05, 3.63) is 65.3 Å². The van der Waals surface area contributed by atoms with Crippen molar-refractivity contribution < 1.29 is 9.13 Å². The quantitative estimate of drug-likeness (QED) is 0.707. The van der Waals surface area contributed by atoms with Gasteiger partial charge in [-0.15, -0.1) is 11.3 Å². The van der Waals surface area contributed by atoms with Gasteiger partial charge in [0.05, 0.1) is 4.70 Å². The lowest BCUT2D eigenvalue weighted by Gasteiger charge is -2.20.